The molecule has 0 radical (unpaired) electrons. The number of ether oxygens (including phenoxy) is 3. The molecule has 0 aromatic heterocycles. The number of amides is 2. The number of carbonyl (C=O) groups is 1. The second-order valence-corrected chi connectivity index (χ2v) is 5.03. The summed E-state index contributed by atoms with van der Waals surface area (Å²) in [5, 5.41) is 5.35. The predicted molar refractivity (Wildman–Crippen MR) is 97.1 cm³/mol. The Balaban J connectivity index is 1.65. The minimum absolute atomic E-state index is 0.294. The van der Waals surface area contributed by atoms with E-state index in [1.54, 1.807) is 26.5 Å². The summed E-state index contributed by atoms with van der Waals surface area (Å²) >= 11 is 0. The van der Waals surface area contributed by atoms with E-state index >= 15 is 0 Å². The molecule has 0 aliphatic carbocycles. The minimum Gasteiger partial charge on any atom is -0.497 e. The van der Waals surface area contributed by atoms with Crippen LogP contribution in [0.2, 0.25) is 0 Å². The van der Waals surface area contributed by atoms with Crippen molar-refractivity contribution in [1.82, 2.24) is 10.6 Å². The van der Waals surface area contributed by atoms with Crippen LogP contribution in [0.4, 0.5) is 4.79 Å². The third kappa shape index (κ3) is 6.47. The van der Waals surface area contributed by atoms with Crippen molar-refractivity contribution in [2.45, 2.75) is 0 Å². The number of carbonyl (C=O) groups excluding carboxylic acids is 1. The van der Waals surface area contributed by atoms with Crippen molar-refractivity contribution in [1.29, 1.82) is 0 Å². The maximum atomic E-state index is 11.7. The first-order valence-electron chi connectivity index (χ1n) is 7.83. The Morgan fingerprint density at radius 3 is 2.44 bits per heavy atom. The molecule has 0 aliphatic rings. The molecule has 6 heteroatoms. The predicted octanol–water partition coefficient (Wildman–Crippen LogP) is 3.05. The van der Waals surface area contributed by atoms with E-state index in [1.807, 2.05) is 48.5 Å². The number of urea groups is 1. The van der Waals surface area contributed by atoms with Gasteiger partial charge in [-0.3, -0.25) is 0 Å². The van der Waals surface area contributed by atoms with Gasteiger partial charge in [0, 0.05) is 6.20 Å². The van der Waals surface area contributed by atoms with Crippen LogP contribution in [-0.4, -0.2) is 33.4 Å². The fourth-order valence-corrected chi connectivity index (χ4v) is 2.02. The minimum atomic E-state index is -0.294. The molecule has 0 fully saturated rings. The average molecular weight is 342 g/mol. The normalized spacial score (nSPS) is 10.3. The van der Waals surface area contributed by atoms with Gasteiger partial charge in [-0.2, -0.15) is 0 Å². The number of hydrogen-bond donors (Lipinski definition) is 2. The molecule has 0 aliphatic heterocycles. The van der Waals surface area contributed by atoms with Crippen LogP contribution in [0.5, 0.6) is 17.2 Å². The Kier molecular flexibility index (Phi) is 7.18. The van der Waals surface area contributed by atoms with Gasteiger partial charge >= 0.3 is 6.03 Å². The molecule has 2 aromatic rings. The number of hydrogen-bond acceptors (Lipinski definition) is 4. The maximum absolute atomic E-state index is 11.7. The van der Waals surface area contributed by atoms with Crippen molar-refractivity contribution in [3.05, 3.63) is 60.3 Å². The molecule has 0 heterocycles. The van der Waals surface area contributed by atoms with Crippen molar-refractivity contribution < 1.29 is 19.0 Å². The monoisotopic (exact) mass is 342 g/mol. The van der Waals surface area contributed by atoms with Gasteiger partial charge in [-0.25, -0.2) is 4.79 Å². The fourth-order valence-electron chi connectivity index (χ4n) is 2.02. The Morgan fingerprint density at radius 1 is 1.00 bits per heavy atom. The molecule has 0 unspecified atom stereocenters. The molecule has 2 N–H and O–H groups in total. The molecule has 0 spiro atoms. The van der Waals surface area contributed by atoms with E-state index in [0.29, 0.717) is 13.2 Å². The third-order valence-electron chi connectivity index (χ3n) is 3.30. The zero-order chi connectivity index (χ0) is 17.9. The van der Waals surface area contributed by atoms with Gasteiger partial charge in [-0.1, -0.05) is 12.1 Å². The first kappa shape index (κ1) is 18.2. The number of methoxy groups -OCH3 is 2. The largest absolute Gasteiger partial charge is 0.497 e. The van der Waals surface area contributed by atoms with Gasteiger partial charge in [0.2, 0.25) is 0 Å². The van der Waals surface area contributed by atoms with Crippen LogP contribution in [-0.2, 0) is 0 Å². The van der Waals surface area contributed by atoms with Crippen molar-refractivity contribution >= 4 is 12.1 Å². The highest BCUT2D eigenvalue weighted by Crippen LogP contribution is 2.16. The number of rotatable bonds is 8. The molecule has 2 aromatic carbocycles. The molecule has 2 rings (SSSR count). The molecule has 2 amide bonds. The second-order valence-electron chi connectivity index (χ2n) is 5.03. The summed E-state index contributed by atoms with van der Waals surface area (Å²) < 4.78 is 15.7. The van der Waals surface area contributed by atoms with Crippen LogP contribution < -0.4 is 24.8 Å². The quantitative estimate of drug-likeness (QED) is 0.724. The van der Waals surface area contributed by atoms with E-state index in [9.17, 15) is 4.79 Å². The second kappa shape index (κ2) is 9.87. The van der Waals surface area contributed by atoms with Crippen LogP contribution >= 0.6 is 0 Å². The van der Waals surface area contributed by atoms with Crippen LogP contribution in [0.1, 0.15) is 5.56 Å². The SMILES string of the molecule is COc1ccc(OCCNC(=O)N/C=C/c2cccc(OC)c2)cc1. The van der Waals surface area contributed by atoms with Gasteiger partial charge < -0.3 is 24.8 Å². The lowest BCUT2D eigenvalue weighted by Crippen LogP contribution is -2.34. The molecule has 6 nitrogen and oxygen atoms in total. The summed E-state index contributed by atoms with van der Waals surface area (Å²) in [4.78, 5) is 11.7. The van der Waals surface area contributed by atoms with Crippen molar-refractivity contribution in [2.24, 2.45) is 0 Å². The maximum Gasteiger partial charge on any atom is 0.318 e. The van der Waals surface area contributed by atoms with Gasteiger partial charge in [0.25, 0.3) is 0 Å². The van der Waals surface area contributed by atoms with Gasteiger partial charge in [-0.05, 0) is 48.0 Å². The molecular formula is C19H22N2O4. The van der Waals surface area contributed by atoms with Crippen LogP contribution in [0.3, 0.4) is 0 Å². The lowest BCUT2D eigenvalue weighted by Gasteiger charge is -2.08. The summed E-state index contributed by atoms with van der Waals surface area (Å²) in [6, 6.07) is 14.5. The summed E-state index contributed by atoms with van der Waals surface area (Å²) in [5.74, 6) is 2.26. The van der Waals surface area contributed by atoms with Crippen LogP contribution in [0.15, 0.2) is 54.7 Å². The van der Waals surface area contributed by atoms with E-state index in [0.717, 1.165) is 22.8 Å². The van der Waals surface area contributed by atoms with E-state index < -0.39 is 0 Å². The van der Waals surface area contributed by atoms with Gasteiger partial charge in [0.15, 0.2) is 0 Å². The smallest absolute Gasteiger partial charge is 0.318 e. The molecule has 0 bridgehead atoms. The first-order chi connectivity index (χ1) is 12.2. The van der Waals surface area contributed by atoms with E-state index in [2.05, 4.69) is 10.6 Å². The topological polar surface area (TPSA) is 68.8 Å². The zero-order valence-corrected chi connectivity index (χ0v) is 14.3. The Bertz CT molecular complexity index is 699. The van der Waals surface area contributed by atoms with Crippen molar-refractivity contribution in [3.63, 3.8) is 0 Å². The Labute approximate surface area is 147 Å². The lowest BCUT2D eigenvalue weighted by atomic mass is 10.2. The highest BCUT2D eigenvalue weighted by atomic mass is 16.5. The highest BCUT2D eigenvalue weighted by Gasteiger charge is 1.98. The average Bonchev–Trinajstić information content (AvgIpc) is 2.66. The number of benzene rings is 2. The lowest BCUT2D eigenvalue weighted by molar-refractivity contribution is 0.239. The highest BCUT2D eigenvalue weighted by molar-refractivity contribution is 5.75. The molecule has 132 valence electrons. The number of nitrogens with one attached hydrogen (secondary N) is 2. The Morgan fingerprint density at radius 2 is 1.72 bits per heavy atom. The molecule has 25 heavy (non-hydrogen) atoms. The first-order valence-corrected chi connectivity index (χ1v) is 7.83. The Hall–Kier alpha value is -3.15. The summed E-state index contributed by atoms with van der Waals surface area (Å²) in [7, 11) is 3.23. The molecular weight excluding hydrogens is 320 g/mol. The molecule has 0 saturated carbocycles. The van der Waals surface area contributed by atoms with E-state index in [1.165, 1.54) is 0 Å². The van der Waals surface area contributed by atoms with E-state index in [-0.39, 0.29) is 6.03 Å². The van der Waals surface area contributed by atoms with Crippen molar-refractivity contribution in [3.8, 4) is 17.2 Å². The third-order valence-corrected chi connectivity index (χ3v) is 3.30. The summed E-state index contributed by atoms with van der Waals surface area (Å²) in [6.45, 7) is 0.768. The summed E-state index contributed by atoms with van der Waals surface area (Å²) in [6.07, 6.45) is 3.37. The molecule has 0 saturated heterocycles. The van der Waals surface area contributed by atoms with Crippen LogP contribution in [0, 0.1) is 0 Å². The molecule has 0 atom stereocenters. The summed E-state index contributed by atoms with van der Waals surface area (Å²) in [5.41, 5.74) is 0.933. The van der Waals surface area contributed by atoms with Gasteiger partial charge in [0.05, 0.1) is 20.8 Å². The van der Waals surface area contributed by atoms with Crippen molar-refractivity contribution in [2.75, 3.05) is 27.4 Å². The van der Waals surface area contributed by atoms with Crippen LogP contribution in [0.25, 0.3) is 6.08 Å². The standard InChI is InChI=1S/C19H22N2O4/c1-23-16-6-8-17(9-7-16)25-13-12-21-19(22)20-11-10-15-4-3-5-18(14-15)24-2/h3-11,14H,12-13H2,1-2H3,(H2,20,21,22)/b11-10+. The van der Waals surface area contributed by atoms with E-state index in [4.69, 9.17) is 14.2 Å². The fraction of sp³-hybridized carbons (Fsp3) is 0.211. The van der Waals surface area contributed by atoms with Gasteiger partial charge in [0.1, 0.15) is 23.9 Å². The van der Waals surface area contributed by atoms with Gasteiger partial charge in [-0.15, -0.1) is 0 Å². The zero-order valence-electron chi connectivity index (χ0n) is 14.3.